The average Bonchev–Trinajstić information content (AvgIpc) is 3.21. The van der Waals surface area contributed by atoms with Gasteiger partial charge in [0.2, 0.25) is 5.91 Å². The molecule has 0 bridgehead atoms. The van der Waals surface area contributed by atoms with Crippen LogP contribution in [0, 0.1) is 0 Å². The summed E-state index contributed by atoms with van der Waals surface area (Å²) in [4.78, 5) is 28.6. The molecule has 0 spiro atoms. The van der Waals surface area contributed by atoms with Crippen molar-refractivity contribution in [3.63, 3.8) is 0 Å². The van der Waals surface area contributed by atoms with E-state index < -0.39 is 5.54 Å². The van der Waals surface area contributed by atoms with Crippen molar-refractivity contribution in [1.29, 1.82) is 0 Å². The van der Waals surface area contributed by atoms with E-state index in [0.29, 0.717) is 18.8 Å². The Morgan fingerprint density at radius 1 is 1.16 bits per heavy atom. The highest BCUT2D eigenvalue weighted by molar-refractivity contribution is 6.00. The zero-order chi connectivity index (χ0) is 22.0. The highest BCUT2D eigenvalue weighted by Crippen LogP contribution is 2.31. The zero-order valence-electron chi connectivity index (χ0n) is 19.0. The fourth-order valence-corrected chi connectivity index (χ4v) is 4.86. The molecule has 1 fully saturated rings. The van der Waals surface area contributed by atoms with Gasteiger partial charge in [-0.3, -0.25) is 14.3 Å². The molecule has 2 heterocycles. The lowest BCUT2D eigenvalue weighted by Crippen LogP contribution is -2.65. The Morgan fingerprint density at radius 3 is 2.52 bits per heavy atom. The third kappa shape index (κ3) is 4.12. The van der Waals surface area contributed by atoms with E-state index in [1.165, 1.54) is 12.0 Å². The molecule has 31 heavy (non-hydrogen) atoms. The first kappa shape index (κ1) is 21.6. The smallest absolute Gasteiger partial charge is 0.273 e. The van der Waals surface area contributed by atoms with Crippen LogP contribution in [0.4, 0.5) is 0 Å². The number of fused-ring (bicyclic) bond motifs is 1. The summed E-state index contributed by atoms with van der Waals surface area (Å²) in [6, 6.07) is 10.4. The van der Waals surface area contributed by atoms with Crippen molar-refractivity contribution in [2.24, 2.45) is 0 Å². The number of aromatic nitrogens is 2. The lowest BCUT2D eigenvalue weighted by molar-refractivity contribution is -0.134. The van der Waals surface area contributed by atoms with Crippen molar-refractivity contribution in [2.75, 3.05) is 6.54 Å². The number of hydrogen-bond acceptors (Lipinski definition) is 3. The number of hydrogen-bond donors (Lipinski definition) is 1. The van der Waals surface area contributed by atoms with Gasteiger partial charge < -0.3 is 10.2 Å². The summed E-state index contributed by atoms with van der Waals surface area (Å²) in [5, 5.41) is 7.98. The van der Waals surface area contributed by atoms with Gasteiger partial charge in [0.05, 0.1) is 12.2 Å². The van der Waals surface area contributed by atoms with Gasteiger partial charge in [0.15, 0.2) is 0 Å². The second-order valence-electron chi connectivity index (χ2n) is 9.16. The monoisotopic (exact) mass is 422 g/mol. The van der Waals surface area contributed by atoms with Crippen LogP contribution < -0.4 is 5.32 Å². The molecule has 1 saturated carbocycles. The molecule has 1 aromatic heterocycles. The van der Waals surface area contributed by atoms with Crippen LogP contribution in [0.2, 0.25) is 0 Å². The van der Waals surface area contributed by atoms with E-state index in [2.05, 4.69) is 36.5 Å². The minimum absolute atomic E-state index is 0.0591. The van der Waals surface area contributed by atoms with Crippen molar-refractivity contribution >= 4 is 11.8 Å². The van der Waals surface area contributed by atoms with Gasteiger partial charge in [-0.25, -0.2) is 0 Å². The predicted molar refractivity (Wildman–Crippen MR) is 122 cm³/mol. The summed E-state index contributed by atoms with van der Waals surface area (Å²) < 4.78 is 1.73. The SMILES string of the molecule is CCCN1C(=O)c2cc(-c3ccc(CC)cc3)nn2CC1(C)C(=O)NC1CCCCC1. The molecular formula is C25H34N4O2. The van der Waals surface area contributed by atoms with Crippen molar-refractivity contribution in [3.8, 4) is 11.3 Å². The number of benzene rings is 1. The fraction of sp³-hybridized carbons (Fsp3) is 0.560. The molecule has 1 aliphatic heterocycles. The summed E-state index contributed by atoms with van der Waals surface area (Å²) in [7, 11) is 0. The van der Waals surface area contributed by atoms with Crippen LogP contribution in [0.15, 0.2) is 30.3 Å². The Hall–Kier alpha value is -2.63. The molecule has 6 nitrogen and oxygen atoms in total. The topological polar surface area (TPSA) is 67.2 Å². The normalized spacial score (nSPS) is 21.8. The number of aryl methyl sites for hydroxylation is 1. The van der Waals surface area contributed by atoms with Crippen molar-refractivity contribution in [2.45, 2.75) is 83.8 Å². The summed E-state index contributed by atoms with van der Waals surface area (Å²) in [5.74, 6) is -0.172. The van der Waals surface area contributed by atoms with Crippen LogP contribution >= 0.6 is 0 Å². The first-order valence-electron chi connectivity index (χ1n) is 11.8. The Bertz CT molecular complexity index is 943. The molecule has 166 valence electrons. The van der Waals surface area contributed by atoms with Crippen molar-refractivity contribution in [3.05, 3.63) is 41.6 Å². The van der Waals surface area contributed by atoms with Gasteiger partial charge in [-0.05, 0) is 44.2 Å². The maximum Gasteiger partial charge on any atom is 0.273 e. The molecule has 1 N–H and O–H groups in total. The van der Waals surface area contributed by atoms with Crippen molar-refractivity contribution < 1.29 is 9.59 Å². The van der Waals surface area contributed by atoms with Gasteiger partial charge in [0.1, 0.15) is 11.2 Å². The number of rotatable bonds is 6. The van der Waals surface area contributed by atoms with Crippen LogP contribution in [0.25, 0.3) is 11.3 Å². The molecule has 4 rings (SSSR count). The van der Waals surface area contributed by atoms with Crippen LogP contribution in [0.5, 0.6) is 0 Å². The van der Waals surface area contributed by atoms with Crippen LogP contribution in [-0.2, 0) is 17.8 Å². The standard InChI is InChI=1S/C25H34N4O2/c1-4-15-28-23(30)22-16-21(19-13-11-18(5-2)12-14-19)27-29(22)17-25(28,3)24(31)26-20-9-7-6-8-10-20/h11-14,16,20H,4-10,15,17H2,1-3H3,(H,26,31). The van der Waals surface area contributed by atoms with E-state index in [-0.39, 0.29) is 17.9 Å². The molecule has 2 aromatic rings. The Kier molecular flexibility index (Phi) is 6.17. The molecule has 2 amide bonds. The van der Waals surface area contributed by atoms with Crippen LogP contribution in [0.1, 0.15) is 75.3 Å². The van der Waals surface area contributed by atoms with E-state index in [1.54, 1.807) is 9.58 Å². The summed E-state index contributed by atoms with van der Waals surface area (Å²) in [6.07, 6.45) is 7.38. The van der Waals surface area contributed by atoms with Crippen molar-refractivity contribution in [1.82, 2.24) is 20.0 Å². The van der Waals surface area contributed by atoms with E-state index in [1.807, 2.05) is 19.9 Å². The first-order chi connectivity index (χ1) is 15.0. The maximum absolute atomic E-state index is 13.4. The van der Waals surface area contributed by atoms with Gasteiger partial charge in [0.25, 0.3) is 5.91 Å². The summed E-state index contributed by atoms with van der Waals surface area (Å²) in [6.45, 7) is 6.99. The fourth-order valence-electron chi connectivity index (χ4n) is 4.86. The highest BCUT2D eigenvalue weighted by atomic mass is 16.2. The number of carbonyl (C=O) groups is 2. The van der Waals surface area contributed by atoms with E-state index in [4.69, 9.17) is 5.10 Å². The minimum atomic E-state index is -0.938. The molecule has 6 heteroatoms. The van der Waals surface area contributed by atoms with Gasteiger partial charge in [-0.1, -0.05) is 57.4 Å². The molecule has 0 radical (unpaired) electrons. The number of amides is 2. The van der Waals surface area contributed by atoms with Gasteiger partial charge >= 0.3 is 0 Å². The molecule has 0 saturated heterocycles. The number of nitrogens with zero attached hydrogens (tertiary/aromatic N) is 3. The van der Waals surface area contributed by atoms with E-state index in [0.717, 1.165) is 49.8 Å². The second kappa shape index (κ2) is 8.85. The molecule has 2 aliphatic rings. The highest BCUT2D eigenvalue weighted by Gasteiger charge is 2.48. The molecule has 1 atom stereocenters. The van der Waals surface area contributed by atoms with E-state index >= 15 is 0 Å². The number of carbonyl (C=O) groups excluding carboxylic acids is 2. The van der Waals surface area contributed by atoms with Gasteiger partial charge in [-0.2, -0.15) is 5.10 Å². The summed E-state index contributed by atoms with van der Waals surface area (Å²) >= 11 is 0. The maximum atomic E-state index is 13.4. The molecular weight excluding hydrogens is 388 g/mol. The Morgan fingerprint density at radius 2 is 1.87 bits per heavy atom. The first-order valence-corrected chi connectivity index (χ1v) is 11.8. The second-order valence-corrected chi connectivity index (χ2v) is 9.16. The average molecular weight is 423 g/mol. The largest absolute Gasteiger partial charge is 0.351 e. The zero-order valence-corrected chi connectivity index (χ0v) is 19.0. The quantitative estimate of drug-likeness (QED) is 0.759. The molecule has 1 unspecified atom stereocenters. The van der Waals surface area contributed by atoms with Gasteiger partial charge in [0, 0.05) is 18.2 Å². The minimum Gasteiger partial charge on any atom is -0.351 e. The molecule has 1 aliphatic carbocycles. The van der Waals surface area contributed by atoms with Crippen LogP contribution in [0.3, 0.4) is 0 Å². The third-order valence-corrected chi connectivity index (χ3v) is 6.83. The van der Waals surface area contributed by atoms with Gasteiger partial charge in [-0.15, -0.1) is 0 Å². The third-order valence-electron chi connectivity index (χ3n) is 6.83. The Labute approximate surface area is 185 Å². The molecule has 1 aromatic carbocycles. The lowest BCUT2D eigenvalue weighted by Gasteiger charge is -2.44. The van der Waals surface area contributed by atoms with Crippen LogP contribution in [-0.4, -0.2) is 44.6 Å². The number of nitrogens with one attached hydrogen (secondary N) is 1. The Balaban J connectivity index is 1.63. The van der Waals surface area contributed by atoms with E-state index in [9.17, 15) is 9.59 Å². The predicted octanol–water partition coefficient (Wildman–Crippen LogP) is 4.19. The lowest BCUT2D eigenvalue weighted by atomic mass is 9.91. The summed E-state index contributed by atoms with van der Waals surface area (Å²) in [5.41, 5.74) is 2.66.